The number of nitrogens with one attached hydrogen (secondary N) is 2. The van der Waals surface area contributed by atoms with Crippen molar-refractivity contribution in [2.24, 2.45) is 10.8 Å². The second-order valence-electron chi connectivity index (χ2n) is 5.17. The van der Waals surface area contributed by atoms with E-state index in [1.165, 1.54) is 43.5 Å². The molecule has 1 amide bonds. The van der Waals surface area contributed by atoms with Gasteiger partial charge in [-0.1, -0.05) is 0 Å². The highest BCUT2D eigenvalue weighted by atomic mass is 79.9. The van der Waals surface area contributed by atoms with Crippen molar-refractivity contribution in [2.75, 3.05) is 5.32 Å². The number of hydrogen-bond donors (Lipinski definition) is 3. The molecule has 0 aromatic heterocycles. The van der Waals surface area contributed by atoms with Crippen LogP contribution in [0.3, 0.4) is 0 Å². The van der Waals surface area contributed by atoms with Crippen molar-refractivity contribution in [3.63, 3.8) is 0 Å². The highest BCUT2D eigenvalue weighted by molar-refractivity contribution is 9.10. The van der Waals surface area contributed by atoms with E-state index in [-0.39, 0.29) is 21.7 Å². The number of rotatable bonds is 6. The summed E-state index contributed by atoms with van der Waals surface area (Å²) >= 11 is 7.89. The zero-order valence-electron chi connectivity index (χ0n) is 14.0. The molecule has 0 atom stereocenters. The fourth-order valence-corrected chi connectivity index (χ4v) is 3.49. The van der Waals surface area contributed by atoms with Crippen molar-refractivity contribution in [1.29, 1.82) is 0 Å². The van der Waals surface area contributed by atoms with Crippen molar-refractivity contribution in [3.05, 3.63) is 52.5 Å². The fraction of sp³-hybridized carbons (Fsp3) is 0.0625. The zero-order chi connectivity index (χ0) is 20.0. The van der Waals surface area contributed by atoms with Gasteiger partial charge in [-0.25, -0.2) is 0 Å². The molecule has 2 aromatic carbocycles. The lowest BCUT2D eigenvalue weighted by atomic mass is 10.2. The largest absolute Gasteiger partial charge is 0.378 e. The summed E-state index contributed by atoms with van der Waals surface area (Å²) in [6.07, 6.45) is 1.46. The molecule has 4 N–H and O–H groups in total. The average Bonchev–Trinajstić information content (AvgIpc) is 2.57. The van der Waals surface area contributed by atoms with E-state index < -0.39 is 10.1 Å². The summed E-state index contributed by atoms with van der Waals surface area (Å²) in [6.45, 7) is 1.36. The Labute approximate surface area is 170 Å². The number of carbonyl (C=O) groups is 1. The molecule has 0 saturated heterocycles. The minimum atomic E-state index is -4.04. The van der Waals surface area contributed by atoms with Gasteiger partial charge in [-0.15, -0.1) is 0 Å². The molecule has 0 spiro atoms. The van der Waals surface area contributed by atoms with Crippen LogP contribution in [0.4, 0.5) is 5.69 Å². The van der Waals surface area contributed by atoms with Gasteiger partial charge in [0.1, 0.15) is 4.90 Å². The van der Waals surface area contributed by atoms with Crippen LogP contribution >= 0.6 is 28.1 Å². The van der Waals surface area contributed by atoms with E-state index in [0.29, 0.717) is 15.7 Å². The number of thiocarbonyl (C=S) groups is 1. The summed E-state index contributed by atoms with van der Waals surface area (Å²) in [7, 11) is -4.04. The smallest absolute Gasteiger partial charge is 0.339 e. The van der Waals surface area contributed by atoms with Crippen molar-refractivity contribution in [1.82, 2.24) is 5.43 Å². The van der Waals surface area contributed by atoms with Crippen molar-refractivity contribution in [3.8, 4) is 5.75 Å². The van der Waals surface area contributed by atoms with Crippen molar-refractivity contribution < 1.29 is 17.4 Å². The number of nitrogens with two attached hydrogens (primary N) is 1. The van der Waals surface area contributed by atoms with E-state index in [4.69, 9.17) is 9.92 Å². The van der Waals surface area contributed by atoms with Gasteiger partial charge < -0.3 is 15.2 Å². The first-order valence-corrected chi connectivity index (χ1v) is 9.98. The molecular formula is C16H15BrN4O4S2. The predicted molar refractivity (Wildman–Crippen MR) is 110 cm³/mol. The summed E-state index contributed by atoms with van der Waals surface area (Å²) in [5, 5.41) is 6.40. The first kappa shape index (κ1) is 20.8. The normalized spacial score (nSPS) is 11.2. The van der Waals surface area contributed by atoms with E-state index in [2.05, 4.69) is 44.0 Å². The summed E-state index contributed by atoms with van der Waals surface area (Å²) in [6, 6.07) is 10.3. The molecule has 0 bridgehead atoms. The molecule has 0 heterocycles. The van der Waals surface area contributed by atoms with Gasteiger partial charge in [-0.3, -0.25) is 10.2 Å². The SMILES string of the molecule is CC(=O)Nc1ccc(S(=O)(=O)Oc2ccc(C=NNC(N)=S)cc2Br)cc1. The number of halogens is 1. The van der Waals surface area contributed by atoms with Gasteiger partial charge in [0, 0.05) is 12.6 Å². The topological polar surface area (TPSA) is 123 Å². The first-order chi connectivity index (χ1) is 12.7. The maximum atomic E-state index is 12.4. The highest BCUT2D eigenvalue weighted by Gasteiger charge is 2.18. The van der Waals surface area contributed by atoms with E-state index in [9.17, 15) is 13.2 Å². The average molecular weight is 471 g/mol. The van der Waals surface area contributed by atoms with Gasteiger partial charge in [0.15, 0.2) is 10.9 Å². The van der Waals surface area contributed by atoms with Crippen LogP contribution in [0.1, 0.15) is 12.5 Å². The Hall–Kier alpha value is -2.50. The Morgan fingerprint density at radius 2 is 1.93 bits per heavy atom. The number of amides is 1. The van der Waals surface area contributed by atoms with Crippen LogP contribution < -0.4 is 20.7 Å². The molecule has 0 aliphatic rings. The summed E-state index contributed by atoms with van der Waals surface area (Å²) in [4.78, 5) is 11.0. The van der Waals surface area contributed by atoms with Gasteiger partial charge in [0.25, 0.3) is 0 Å². The number of carbonyl (C=O) groups excluding carboxylic acids is 1. The lowest BCUT2D eigenvalue weighted by Gasteiger charge is -2.10. The third-order valence-corrected chi connectivity index (χ3v) is 4.97. The molecule has 0 radical (unpaired) electrons. The van der Waals surface area contributed by atoms with Gasteiger partial charge >= 0.3 is 10.1 Å². The minimum Gasteiger partial charge on any atom is -0.378 e. The predicted octanol–water partition coefficient (Wildman–Crippen LogP) is 2.34. The minimum absolute atomic E-state index is 0.0286. The molecule has 2 aromatic rings. The van der Waals surface area contributed by atoms with Crippen LogP contribution in [0.5, 0.6) is 5.75 Å². The number of anilines is 1. The lowest BCUT2D eigenvalue weighted by molar-refractivity contribution is -0.114. The Bertz CT molecular complexity index is 992. The quantitative estimate of drug-likeness (QED) is 0.256. The van der Waals surface area contributed by atoms with Crippen LogP contribution in [0.15, 0.2) is 56.9 Å². The molecule has 8 nitrogen and oxygen atoms in total. The second-order valence-corrected chi connectivity index (χ2v) is 8.01. The number of nitrogens with zero attached hydrogens (tertiary/aromatic N) is 1. The van der Waals surface area contributed by atoms with Crippen molar-refractivity contribution in [2.45, 2.75) is 11.8 Å². The molecule has 11 heteroatoms. The summed E-state index contributed by atoms with van der Waals surface area (Å²) in [5.41, 5.74) is 8.82. The molecule has 0 saturated carbocycles. The van der Waals surface area contributed by atoms with E-state index in [1.54, 1.807) is 12.1 Å². The Kier molecular flexibility index (Phi) is 6.88. The van der Waals surface area contributed by atoms with E-state index >= 15 is 0 Å². The maximum absolute atomic E-state index is 12.4. The third kappa shape index (κ3) is 6.31. The molecular weight excluding hydrogens is 456 g/mol. The van der Waals surface area contributed by atoms with Crippen LogP contribution in [-0.2, 0) is 14.9 Å². The molecule has 27 heavy (non-hydrogen) atoms. The Balaban J connectivity index is 2.16. The molecule has 0 unspecified atom stereocenters. The van der Waals surface area contributed by atoms with Gasteiger partial charge in [-0.2, -0.15) is 13.5 Å². The standard InChI is InChI=1S/C16H15BrN4O4S2/c1-10(22)20-12-3-5-13(6-4-12)27(23,24)25-15-7-2-11(8-14(15)17)9-19-21-16(18)26/h2-9H,1H3,(H,20,22)(H3,18,21,26). The van der Waals surface area contributed by atoms with Crippen LogP contribution in [-0.4, -0.2) is 25.7 Å². The van der Waals surface area contributed by atoms with Crippen LogP contribution in [0.2, 0.25) is 0 Å². The summed E-state index contributed by atoms with van der Waals surface area (Å²) in [5.74, 6) is -0.140. The first-order valence-electron chi connectivity index (χ1n) is 7.37. The monoisotopic (exact) mass is 470 g/mol. The maximum Gasteiger partial charge on any atom is 0.339 e. The fourth-order valence-electron chi connectivity index (χ4n) is 1.91. The molecule has 0 fully saturated rings. The van der Waals surface area contributed by atoms with Crippen molar-refractivity contribution >= 4 is 61.2 Å². The molecule has 2 rings (SSSR count). The summed E-state index contributed by atoms with van der Waals surface area (Å²) < 4.78 is 30.4. The number of hydrazone groups is 1. The molecule has 0 aliphatic carbocycles. The second kappa shape index (κ2) is 8.93. The lowest BCUT2D eigenvalue weighted by Crippen LogP contribution is -2.23. The van der Waals surface area contributed by atoms with Gasteiger partial charge in [-0.05, 0) is 76.2 Å². The van der Waals surface area contributed by atoms with Gasteiger partial charge in [0.2, 0.25) is 5.91 Å². The van der Waals surface area contributed by atoms with Crippen LogP contribution in [0.25, 0.3) is 0 Å². The molecule has 142 valence electrons. The van der Waals surface area contributed by atoms with Gasteiger partial charge in [0.05, 0.1) is 10.7 Å². The Morgan fingerprint density at radius 1 is 1.26 bits per heavy atom. The van der Waals surface area contributed by atoms with E-state index in [1.807, 2.05) is 0 Å². The van der Waals surface area contributed by atoms with Crippen LogP contribution in [0, 0.1) is 0 Å². The Morgan fingerprint density at radius 3 is 2.48 bits per heavy atom. The third-order valence-electron chi connectivity index (χ3n) is 3.01. The number of hydrogen-bond acceptors (Lipinski definition) is 6. The molecule has 0 aliphatic heterocycles. The number of benzene rings is 2. The van der Waals surface area contributed by atoms with E-state index in [0.717, 1.165) is 0 Å². The highest BCUT2D eigenvalue weighted by Crippen LogP contribution is 2.29. The zero-order valence-corrected chi connectivity index (χ0v) is 17.2.